The van der Waals surface area contributed by atoms with Crippen LogP contribution in [0, 0.1) is 0 Å². The Morgan fingerprint density at radius 3 is 3.05 bits per heavy atom. The number of nitrogens with one attached hydrogen (secondary N) is 1. The molecule has 118 valence electrons. The highest BCUT2D eigenvalue weighted by atomic mass is 16.5. The molecular weight excluding hydrogens is 282 g/mol. The summed E-state index contributed by atoms with van der Waals surface area (Å²) in [5.74, 6) is 0. The molecule has 3 rings (SSSR count). The van der Waals surface area contributed by atoms with Crippen molar-refractivity contribution in [3.8, 4) is 0 Å². The highest BCUT2D eigenvalue weighted by Crippen LogP contribution is 2.21. The SMILES string of the molecule is COCCn1ccc2ccc(NC(=O)N3CC[C@@H](O)C3)cc21. The summed E-state index contributed by atoms with van der Waals surface area (Å²) in [6, 6.07) is 7.74. The summed E-state index contributed by atoms with van der Waals surface area (Å²) in [5.41, 5.74) is 1.83. The number of methoxy groups -OCH3 is 1. The molecule has 22 heavy (non-hydrogen) atoms. The van der Waals surface area contributed by atoms with Crippen LogP contribution in [0.15, 0.2) is 30.5 Å². The number of aliphatic hydroxyl groups is 1. The molecule has 0 saturated carbocycles. The van der Waals surface area contributed by atoms with Gasteiger partial charge in [-0.05, 0) is 30.0 Å². The average molecular weight is 303 g/mol. The number of benzene rings is 1. The first-order chi connectivity index (χ1) is 10.7. The maximum Gasteiger partial charge on any atom is 0.321 e. The fourth-order valence-corrected chi connectivity index (χ4v) is 2.78. The molecular formula is C16H21N3O3. The zero-order chi connectivity index (χ0) is 15.5. The number of anilines is 1. The zero-order valence-corrected chi connectivity index (χ0v) is 12.7. The van der Waals surface area contributed by atoms with Crippen LogP contribution in [0.1, 0.15) is 6.42 Å². The number of carbonyl (C=O) groups is 1. The Kier molecular flexibility index (Phi) is 4.31. The lowest BCUT2D eigenvalue weighted by Gasteiger charge is -2.16. The van der Waals surface area contributed by atoms with Gasteiger partial charge >= 0.3 is 6.03 Å². The largest absolute Gasteiger partial charge is 0.391 e. The van der Waals surface area contributed by atoms with Crippen molar-refractivity contribution < 1.29 is 14.6 Å². The summed E-state index contributed by atoms with van der Waals surface area (Å²) < 4.78 is 7.22. The van der Waals surface area contributed by atoms with Crippen LogP contribution in [0.5, 0.6) is 0 Å². The number of amides is 2. The second-order valence-electron chi connectivity index (χ2n) is 5.59. The van der Waals surface area contributed by atoms with Gasteiger partial charge in [-0.3, -0.25) is 0 Å². The minimum absolute atomic E-state index is 0.161. The van der Waals surface area contributed by atoms with Crippen molar-refractivity contribution in [2.45, 2.75) is 19.1 Å². The van der Waals surface area contributed by atoms with Crippen molar-refractivity contribution in [1.82, 2.24) is 9.47 Å². The van der Waals surface area contributed by atoms with Gasteiger partial charge < -0.3 is 24.6 Å². The van der Waals surface area contributed by atoms with Gasteiger partial charge in [0.15, 0.2) is 0 Å². The number of carbonyl (C=O) groups excluding carboxylic acids is 1. The standard InChI is InChI=1S/C16H21N3O3/c1-22-9-8-18-6-4-12-2-3-13(10-15(12)18)17-16(21)19-7-5-14(20)11-19/h2-4,6,10,14,20H,5,7-9,11H2,1H3,(H,17,21)/t14-/m1/s1. The molecule has 1 atom stereocenters. The van der Waals surface area contributed by atoms with Crippen LogP contribution in [0.25, 0.3) is 10.9 Å². The molecule has 0 aliphatic carbocycles. The summed E-state index contributed by atoms with van der Waals surface area (Å²) >= 11 is 0. The number of nitrogens with zero attached hydrogens (tertiary/aromatic N) is 2. The van der Waals surface area contributed by atoms with Gasteiger partial charge in [0.05, 0.1) is 18.2 Å². The van der Waals surface area contributed by atoms with E-state index in [9.17, 15) is 9.90 Å². The minimum Gasteiger partial charge on any atom is -0.391 e. The second-order valence-corrected chi connectivity index (χ2v) is 5.59. The van der Waals surface area contributed by atoms with Gasteiger partial charge in [0.2, 0.25) is 0 Å². The molecule has 1 aromatic heterocycles. The van der Waals surface area contributed by atoms with Gasteiger partial charge in [-0.25, -0.2) is 4.79 Å². The van der Waals surface area contributed by atoms with Crippen LogP contribution in [0.3, 0.4) is 0 Å². The maximum absolute atomic E-state index is 12.2. The third-order valence-electron chi connectivity index (χ3n) is 4.01. The first-order valence-electron chi connectivity index (χ1n) is 7.49. The van der Waals surface area contributed by atoms with Gasteiger partial charge in [-0.1, -0.05) is 6.07 Å². The van der Waals surface area contributed by atoms with Crippen LogP contribution < -0.4 is 5.32 Å². The van der Waals surface area contributed by atoms with Gasteiger partial charge in [0.25, 0.3) is 0 Å². The first kappa shape index (κ1) is 14.9. The van der Waals surface area contributed by atoms with Crippen LogP contribution in [0.4, 0.5) is 10.5 Å². The molecule has 6 heteroatoms. The lowest BCUT2D eigenvalue weighted by Crippen LogP contribution is -2.33. The number of aliphatic hydroxyl groups excluding tert-OH is 1. The molecule has 6 nitrogen and oxygen atoms in total. The van der Waals surface area contributed by atoms with E-state index in [0.717, 1.165) is 23.1 Å². The minimum atomic E-state index is -0.403. The topological polar surface area (TPSA) is 66.7 Å². The van der Waals surface area contributed by atoms with E-state index in [1.54, 1.807) is 12.0 Å². The third kappa shape index (κ3) is 3.08. The molecule has 2 heterocycles. The number of rotatable bonds is 4. The van der Waals surface area contributed by atoms with E-state index >= 15 is 0 Å². The van der Waals surface area contributed by atoms with Gasteiger partial charge in [-0.15, -0.1) is 0 Å². The van der Waals surface area contributed by atoms with Crippen molar-refractivity contribution >= 4 is 22.6 Å². The van der Waals surface area contributed by atoms with Crippen LogP contribution in [-0.2, 0) is 11.3 Å². The van der Waals surface area contributed by atoms with E-state index in [-0.39, 0.29) is 6.03 Å². The fourth-order valence-electron chi connectivity index (χ4n) is 2.78. The molecule has 0 radical (unpaired) electrons. The van der Waals surface area contributed by atoms with Crippen LogP contribution >= 0.6 is 0 Å². The number of likely N-dealkylation sites (tertiary alicyclic amines) is 1. The van der Waals surface area contributed by atoms with E-state index < -0.39 is 6.10 Å². The molecule has 2 amide bonds. The molecule has 1 aromatic carbocycles. The molecule has 0 unspecified atom stereocenters. The summed E-state index contributed by atoms with van der Waals surface area (Å²) in [7, 11) is 1.68. The van der Waals surface area contributed by atoms with Crippen molar-refractivity contribution in [2.75, 3.05) is 32.1 Å². The zero-order valence-electron chi connectivity index (χ0n) is 12.7. The maximum atomic E-state index is 12.2. The third-order valence-corrected chi connectivity index (χ3v) is 4.01. The first-order valence-corrected chi connectivity index (χ1v) is 7.49. The number of ether oxygens (including phenoxy) is 1. The smallest absolute Gasteiger partial charge is 0.321 e. The van der Waals surface area contributed by atoms with Gasteiger partial charge in [0.1, 0.15) is 0 Å². The molecule has 0 bridgehead atoms. The molecule has 2 N–H and O–H groups in total. The molecule has 2 aromatic rings. The lowest BCUT2D eigenvalue weighted by molar-refractivity contribution is 0.176. The van der Waals surface area contributed by atoms with Crippen molar-refractivity contribution in [1.29, 1.82) is 0 Å². The number of fused-ring (bicyclic) bond motifs is 1. The van der Waals surface area contributed by atoms with Crippen molar-refractivity contribution in [3.05, 3.63) is 30.5 Å². The molecule has 1 aliphatic rings. The molecule has 1 fully saturated rings. The van der Waals surface area contributed by atoms with E-state index in [1.165, 1.54) is 0 Å². The summed E-state index contributed by atoms with van der Waals surface area (Å²) in [6.45, 7) is 2.42. The number of β-amino-alcohol motifs (C(OH)–C–C–N with tert-alkyl or cyclic N) is 1. The Morgan fingerprint density at radius 2 is 2.32 bits per heavy atom. The average Bonchev–Trinajstić information content (AvgIpc) is 3.11. The number of hydrogen-bond donors (Lipinski definition) is 2. The number of urea groups is 1. The van der Waals surface area contributed by atoms with Gasteiger partial charge in [0, 0.05) is 38.6 Å². The van der Waals surface area contributed by atoms with Crippen LogP contribution in [0.2, 0.25) is 0 Å². The predicted octanol–water partition coefficient (Wildman–Crippen LogP) is 1.89. The Balaban J connectivity index is 1.74. The summed E-state index contributed by atoms with van der Waals surface area (Å²) in [6.07, 6.45) is 2.26. The Morgan fingerprint density at radius 1 is 1.45 bits per heavy atom. The van der Waals surface area contributed by atoms with E-state index in [1.807, 2.05) is 30.5 Å². The number of aromatic nitrogens is 1. The van der Waals surface area contributed by atoms with Crippen molar-refractivity contribution in [3.63, 3.8) is 0 Å². The van der Waals surface area contributed by atoms with Crippen LogP contribution in [-0.4, -0.2) is 53.5 Å². The van der Waals surface area contributed by atoms with E-state index in [2.05, 4.69) is 9.88 Å². The summed E-state index contributed by atoms with van der Waals surface area (Å²) in [5, 5.41) is 13.5. The lowest BCUT2D eigenvalue weighted by atomic mass is 10.2. The molecule has 1 saturated heterocycles. The quantitative estimate of drug-likeness (QED) is 0.906. The number of hydrogen-bond acceptors (Lipinski definition) is 3. The predicted molar refractivity (Wildman–Crippen MR) is 85.0 cm³/mol. The molecule has 0 spiro atoms. The Bertz CT molecular complexity index is 668. The highest BCUT2D eigenvalue weighted by Gasteiger charge is 2.24. The monoisotopic (exact) mass is 303 g/mol. The Labute approximate surface area is 129 Å². The van der Waals surface area contributed by atoms with Gasteiger partial charge in [-0.2, -0.15) is 0 Å². The fraction of sp³-hybridized carbons (Fsp3) is 0.438. The second kappa shape index (κ2) is 6.37. The normalized spacial score (nSPS) is 18.1. The van der Waals surface area contributed by atoms with Crippen molar-refractivity contribution in [2.24, 2.45) is 0 Å². The highest BCUT2D eigenvalue weighted by molar-refractivity contribution is 5.93. The molecule has 1 aliphatic heterocycles. The summed E-state index contributed by atoms with van der Waals surface area (Å²) in [4.78, 5) is 13.8. The van der Waals surface area contributed by atoms with E-state index in [0.29, 0.717) is 26.1 Å². The Hall–Kier alpha value is -2.05. The van der Waals surface area contributed by atoms with E-state index in [4.69, 9.17) is 4.74 Å².